The van der Waals surface area contributed by atoms with Gasteiger partial charge in [0.2, 0.25) is 5.91 Å². The van der Waals surface area contributed by atoms with Crippen LogP contribution in [0.2, 0.25) is 5.02 Å². The van der Waals surface area contributed by atoms with Crippen LogP contribution in [0.1, 0.15) is 13.3 Å². The Balaban J connectivity index is 2.23. The second kappa shape index (κ2) is 5.52. The summed E-state index contributed by atoms with van der Waals surface area (Å²) in [6.45, 7) is 4.58. The molecule has 0 aromatic heterocycles. The highest BCUT2D eigenvalue weighted by Gasteiger charge is 2.20. The lowest BCUT2D eigenvalue weighted by Gasteiger charge is -2.29. The minimum Gasteiger partial charge on any atom is -0.316 e. The molecule has 0 aliphatic carbocycles. The van der Waals surface area contributed by atoms with Crippen LogP contribution >= 0.6 is 11.6 Å². The molecule has 0 spiro atoms. The first-order chi connectivity index (χ1) is 8.16. The van der Waals surface area contributed by atoms with Crippen LogP contribution in [0, 0.1) is 5.92 Å². The summed E-state index contributed by atoms with van der Waals surface area (Å²) in [6.07, 6.45) is 0.541. The van der Waals surface area contributed by atoms with E-state index in [0.29, 0.717) is 17.4 Å². The van der Waals surface area contributed by atoms with E-state index in [1.807, 2.05) is 29.2 Å². The van der Waals surface area contributed by atoms with E-state index in [0.717, 1.165) is 25.3 Å². The average Bonchev–Trinajstić information content (AvgIpc) is 2.29. The van der Waals surface area contributed by atoms with Gasteiger partial charge in [0.05, 0.1) is 0 Å². The highest BCUT2D eigenvalue weighted by Crippen LogP contribution is 2.21. The highest BCUT2D eigenvalue weighted by molar-refractivity contribution is 6.30. The molecule has 0 saturated carbocycles. The molecule has 1 heterocycles. The van der Waals surface area contributed by atoms with Gasteiger partial charge in [0.1, 0.15) is 0 Å². The van der Waals surface area contributed by atoms with E-state index < -0.39 is 0 Å². The summed E-state index contributed by atoms with van der Waals surface area (Å²) in [6, 6.07) is 7.49. The Morgan fingerprint density at radius 2 is 2.29 bits per heavy atom. The standard InChI is InChI=1S/C13H17ClN2O/c1-10-8-15-6-5-13(17)16(9-10)12-4-2-3-11(14)7-12/h2-4,7,10,15H,5-6,8-9H2,1H3. The minimum atomic E-state index is 0.159. The molecule has 4 heteroatoms. The Morgan fingerprint density at radius 1 is 1.47 bits per heavy atom. The fourth-order valence-corrected chi connectivity index (χ4v) is 2.23. The fraction of sp³-hybridized carbons (Fsp3) is 0.462. The monoisotopic (exact) mass is 252 g/mol. The summed E-state index contributed by atoms with van der Waals surface area (Å²) < 4.78 is 0. The van der Waals surface area contributed by atoms with Crippen molar-refractivity contribution >= 4 is 23.2 Å². The maximum atomic E-state index is 12.1. The number of carbonyl (C=O) groups excluding carboxylic acids is 1. The molecule has 1 atom stereocenters. The van der Waals surface area contributed by atoms with Crippen molar-refractivity contribution in [1.29, 1.82) is 0 Å². The van der Waals surface area contributed by atoms with Crippen molar-refractivity contribution in [2.24, 2.45) is 5.92 Å². The predicted octanol–water partition coefficient (Wildman–Crippen LogP) is 2.30. The van der Waals surface area contributed by atoms with Gasteiger partial charge in [-0.15, -0.1) is 0 Å². The number of hydrogen-bond acceptors (Lipinski definition) is 2. The van der Waals surface area contributed by atoms with Gasteiger partial charge in [-0.2, -0.15) is 0 Å². The SMILES string of the molecule is CC1CNCCC(=O)N(c2cccc(Cl)c2)C1. The number of anilines is 1. The van der Waals surface area contributed by atoms with Crippen LogP contribution in [0.3, 0.4) is 0 Å². The quantitative estimate of drug-likeness (QED) is 0.832. The van der Waals surface area contributed by atoms with E-state index in [4.69, 9.17) is 11.6 Å². The van der Waals surface area contributed by atoms with Gasteiger partial charge < -0.3 is 10.2 Å². The molecule has 1 aromatic rings. The van der Waals surface area contributed by atoms with Crippen LogP contribution < -0.4 is 10.2 Å². The third kappa shape index (κ3) is 3.20. The van der Waals surface area contributed by atoms with Crippen LogP contribution in [0.15, 0.2) is 24.3 Å². The summed E-state index contributed by atoms with van der Waals surface area (Å²) in [7, 11) is 0. The van der Waals surface area contributed by atoms with E-state index in [2.05, 4.69) is 12.2 Å². The molecule has 1 unspecified atom stereocenters. The van der Waals surface area contributed by atoms with Crippen molar-refractivity contribution < 1.29 is 4.79 Å². The summed E-state index contributed by atoms with van der Waals surface area (Å²) in [5.41, 5.74) is 0.899. The number of benzene rings is 1. The summed E-state index contributed by atoms with van der Waals surface area (Å²) in [5.74, 6) is 0.601. The van der Waals surface area contributed by atoms with E-state index in [1.165, 1.54) is 0 Å². The first kappa shape index (κ1) is 12.4. The van der Waals surface area contributed by atoms with Crippen LogP contribution in [-0.2, 0) is 4.79 Å². The number of rotatable bonds is 1. The van der Waals surface area contributed by atoms with Crippen LogP contribution in [0.25, 0.3) is 0 Å². The summed E-state index contributed by atoms with van der Waals surface area (Å²) in [4.78, 5) is 13.9. The lowest BCUT2D eigenvalue weighted by molar-refractivity contribution is -0.118. The van der Waals surface area contributed by atoms with Gasteiger partial charge in [-0.3, -0.25) is 4.79 Å². The Hall–Kier alpha value is -1.06. The van der Waals surface area contributed by atoms with Gasteiger partial charge in [-0.1, -0.05) is 24.6 Å². The molecular weight excluding hydrogens is 236 g/mol. The van der Waals surface area contributed by atoms with Crippen molar-refractivity contribution in [3.8, 4) is 0 Å². The van der Waals surface area contributed by atoms with Crippen molar-refractivity contribution in [2.45, 2.75) is 13.3 Å². The number of carbonyl (C=O) groups is 1. The molecule has 17 heavy (non-hydrogen) atoms. The molecular formula is C13H17ClN2O. The van der Waals surface area contributed by atoms with Gasteiger partial charge in [-0.05, 0) is 30.7 Å². The molecule has 92 valence electrons. The van der Waals surface area contributed by atoms with Gasteiger partial charge in [-0.25, -0.2) is 0 Å². The zero-order valence-corrected chi connectivity index (χ0v) is 10.7. The maximum absolute atomic E-state index is 12.1. The number of nitrogens with one attached hydrogen (secondary N) is 1. The smallest absolute Gasteiger partial charge is 0.228 e. The second-order valence-electron chi connectivity index (χ2n) is 4.54. The molecule has 1 amide bonds. The zero-order chi connectivity index (χ0) is 12.3. The van der Waals surface area contributed by atoms with Gasteiger partial charge >= 0.3 is 0 Å². The predicted molar refractivity (Wildman–Crippen MR) is 70.5 cm³/mol. The maximum Gasteiger partial charge on any atom is 0.228 e. The van der Waals surface area contributed by atoms with Crippen molar-refractivity contribution in [1.82, 2.24) is 5.32 Å². The molecule has 1 aliphatic rings. The fourth-order valence-electron chi connectivity index (χ4n) is 2.05. The molecule has 2 rings (SSSR count). The van der Waals surface area contributed by atoms with E-state index >= 15 is 0 Å². The van der Waals surface area contributed by atoms with Gasteiger partial charge in [0, 0.05) is 30.2 Å². The summed E-state index contributed by atoms with van der Waals surface area (Å²) >= 11 is 5.97. The Kier molecular flexibility index (Phi) is 4.02. The molecule has 1 aliphatic heterocycles. The lowest BCUT2D eigenvalue weighted by Crippen LogP contribution is -2.42. The van der Waals surface area contributed by atoms with Crippen molar-refractivity contribution in [3.63, 3.8) is 0 Å². The number of nitrogens with zero attached hydrogens (tertiary/aromatic N) is 1. The van der Waals surface area contributed by atoms with Crippen LogP contribution in [-0.4, -0.2) is 25.5 Å². The number of halogens is 1. The second-order valence-corrected chi connectivity index (χ2v) is 4.98. The lowest BCUT2D eigenvalue weighted by atomic mass is 10.1. The van der Waals surface area contributed by atoms with E-state index in [9.17, 15) is 4.79 Å². The first-order valence-electron chi connectivity index (χ1n) is 5.93. The van der Waals surface area contributed by atoms with Crippen molar-refractivity contribution in [2.75, 3.05) is 24.5 Å². The highest BCUT2D eigenvalue weighted by atomic mass is 35.5. The molecule has 1 N–H and O–H groups in total. The average molecular weight is 253 g/mol. The third-order valence-electron chi connectivity index (χ3n) is 2.92. The Morgan fingerprint density at radius 3 is 3.06 bits per heavy atom. The summed E-state index contributed by atoms with van der Waals surface area (Å²) in [5, 5.41) is 3.95. The Bertz CT molecular complexity index is 408. The molecule has 0 radical (unpaired) electrons. The molecule has 1 fully saturated rings. The largest absolute Gasteiger partial charge is 0.316 e. The van der Waals surface area contributed by atoms with Crippen LogP contribution in [0.4, 0.5) is 5.69 Å². The molecule has 1 saturated heterocycles. The normalized spacial score (nSPS) is 22.1. The number of amides is 1. The third-order valence-corrected chi connectivity index (χ3v) is 3.16. The zero-order valence-electron chi connectivity index (χ0n) is 9.95. The van der Waals surface area contributed by atoms with E-state index in [-0.39, 0.29) is 5.91 Å². The minimum absolute atomic E-state index is 0.159. The first-order valence-corrected chi connectivity index (χ1v) is 6.31. The number of hydrogen-bond donors (Lipinski definition) is 1. The molecule has 0 bridgehead atoms. The van der Waals surface area contributed by atoms with Crippen molar-refractivity contribution in [3.05, 3.63) is 29.3 Å². The van der Waals surface area contributed by atoms with E-state index in [1.54, 1.807) is 0 Å². The van der Waals surface area contributed by atoms with Gasteiger partial charge in [0.15, 0.2) is 0 Å². The van der Waals surface area contributed by atoms with Crippen LogP contribution in [0.5, 0.6) is 0 Å². The molecule has 3 nitrogen and oxygen atoms in total. The molecule has 1 aromatic carbocycles. The Labute approximate surface area is 107 Å². The topological polar surface area (TPSA) is 32.3 Å². The van der Waals surface area contributed by atoms with Gasteiger partial charge in [0.25, 0.3) is 0 Å².